The summed E-state index contributed by atoms with van der Waals surface area (Å²) < 4.78 is 36.5. The zero-order chi connectivity index (χ0) is 30.2. The van der Waals surface area contributed by atoms with Crippen molar-refractivity contribution in [1.29, 1.82) is 0 Å². The molecule has 9 nitrogen and oxygen atoms in total. The maximum atomic E-state index is 14.4. The van der Waals surface area contributed by atoms with Crippen molar-refractivity contribution in [2.45, 2.75) is 37.1 Å². The van der Waals surface area contributed by atoms with Crippen molar-refractivity contribution in [3.63, 3.8) is 0 Å². The highest BCUT2D eigenvalue weighted by Gasteiger charge is 2.49. The smallest absolute Gasteiger partial charge is 0.409 e. The molecule has 0 aromatic heterocycles. The second-order valence-electron chi connectivity index (χ2n) is 11.1. The molecular weight excluding hydrogens is 588 g/mol. The van der Waals surface area contributed by atoms with Crippen LogP contribution >= 0.6 is 24.4 Å². The quantitative estimate of drug-likeness (QED) is 0.346. The number of rotatable bonds is 7. The van der Waals surface area contributed by atoms with Crippen LogP contribution in [-0.2, 0) is 14.9 Å². The maximum Gasteiger partial charge on any atom is 0.409 e. The molecule has 3 amide bonds. The fraction of sp³-hybridized carbons (Fsp3) is 0.414. The molecule has 0 unspecified atom stereocenters. The summed E-state index contributed by atoms with van der Waals surface area (Å²) in [7, 11) is 3.09. The molecule has 2 atom stereocenters. The molecule has 2 aliphatic heterocycles. The maximum absolute atomic E-state index is 14.4. The first kappa shape index (κ1) is 30.0. The Bertz CT molecular complexity index is 1430. The van der Waals surface area contributed by atoms with E-state index < -0.39 is 35.1 Å². The Hall–Kier alpha value is -3.51. The lowest BCUT2D eigenvalue weighted by Gasteiger charge is -2.41. The van der Waals surface area contributed by atoms with Gasteiger partial charge >= 0.3 is 6.09 Å². The average molecular weight is 620 g/mol. The van der Waals surface area contributed by atoms with Crippen molar-refractivity contribution < 1.29 is 27.9 Å². The van der Waals surface area contributed by atoms with Gasteiger partial charge in [0, 0.05) is 38.5 Å². The molecule has 0 bridgehead atoms. The van der Waals surface area contributed by atoms with Gasteiger partial charge in [-0.05, 0) is 60.6 Å². The minimum Gasteiger partial charge on any atom is -0.447 e. The Balaban J connectivity index is 1.57. The van der Waals surface area contributed by atoms with E-state index in [1.54, 1.807) is 20.2 Å². The molecule has 5 rings (SSSR count). The van der Waals surface area contributed by atoms with Crippen molar-refractivity contribution in [2.24, 2.45) is 5.92 Å². The lowest BCUT2D eigenvalue weighted by Crippen LogP contribution is -2.43. The van der Waals surface area contributed by atoms with Crippen LogP contribution < -0.4 is 15.4 Å². The Labute approximate surface area is 253 Å². The first-order valence-corrected chi connectivity index (χ1v) is 14.4. The Morgan fingerprint density at radius 3 is 2.55 bits per heavy atom. The molecule has 2 aromatic rings. The highest BCUT2D eigenvalue weighted by atomic mass is 35.5. The van der Waals surface area contributed by atoms with E-state index in [4.69, 9.17) is 16.3 Å². The number of benzene rings is 2. The van der Waals surface area contributed by atoms with Gasteiger partial charge < -0.3 is 20.3 Å². The van der Waals surface area contributed by atoms with Gasteiger partial charge in [0.25, 0.3) is 5.91 Å². The number of piperidine rings is 1. The van der Waals surface area contributed by atoms with Crippen molar-refractivity contribution >= 4 is 42.3 Å². The van der Waals surface area contributed by atoms with Crippen LogP contribution in [0.5, 0.6) is 0 Å². The van der Waals surface area contributed by atoms with Gasteiger partial charge in [-0.25, -0.2) is 13.6 Å². The lowest BCUT2D eigenvalue weighted by atomic mass is 9.68. The Morgan fingerprint density at radius 2 is 1.90 bits per heavy atom. The number of carbonyl (C=O) groups excluding carboxylic acids is 3. The van der Waals surface area contributed by atoms with Gasteiger partial charge in [-0.15, -0.1) is 0 Å². The van der Waals surface area contributed by atoms with Crippen LogP contribution in [0.25, 0.3) is 0 Å². The summed E-state index contributed by atoms with van der Waals surface area (Å²) in [6.07, 6.45) is 2.38. The Morgan fingerprint density at radius 1 is 1.19 bits per heavy atom. The highest BCUT2D eigenvalue weighted by molar-refractivity contribution is 7.78. The highest BCUT2D eigenvalue weighted by Crippen LogP contribution is 2.54. The molecule has 0 spiro atoms. The first-order valence-electron chi connectivity index (χ1n) is 13.6. The van der Waals surface area contributed by atoms with Crippen LogP contribution in [0.3, 0.4) is 0 Å². The molecule has 1 aliphatic carbocycles. The third kappa shape index (κ3) is 5.87. The van der Waals surface area contributed by atoms with Gasteiger partial charge in [0.2, 0.25) is 5.91 Å². The fourth-order valence-electron chi connectivity index (χ4n) is 6.00. The fourth-order valence-corrected chi connectivity index (χ4v) is 6.32. The van der Waals surface area contributed by atoms with E-state index in [9.17, 15) is 23.2 Å². The molecule has 3 N–H and O–H groups in total. The van der Waals surface area contributed by atoms with Gasteiger partial charge in [0.15, 0.2) is 0 Å². The number of amides is 3. The van der Waals surface area contributed by atoms with Gasteiger partial charge in [-0.2, -0.15) is 0 Å². The minimum absolute atomic E-state index is 0.0127. The third-order valence-electron chi connectivity index (χ3n) is 8.16. The van der Waals surface area contributed by atoms with Crippen molar-refractivity contribution in [2.75, 3.05) is 33.8 Å². The molecule has 224 valence electrons. The van der Waals surface area contributed by atoms with Crippen LogP contribution in [-0.4, -0.2) is 61.5 Å². The van der Waals surface area contributed by atoms with Gasteiger partial charge in [0.05, 0.1) is 28.9 Å². The van der Waals surface area contributed by atoms with Crippen LogP contribution in [0.4, 0.5) is 13.6 Å². The standard InChI is InChI=1S/C29H32ClF2N5O4S/c1-36(2)28(40)41-15-24(16-3-6-22(30)21(9-16)27(39)35-42)37-25(38)14-34-26(37)23-13-29(7-8-33-23,17-4-5-17)18-10-19(31)12-20(32)11-18/h3,6,9-12,17,24,33-34,42H,4-5,7-8,13-15H2,1-2H3,(H,35,39)/b26-23-/t24-,29-/m1/s1. The van der Waals surface area contributed by atoms with E-state index in [1.807, 2.05) is 0 Å². The number of nitrogens with zero attached hydrogens (tertiary/aromatic N) is 2. The number of halogens is 3. The molecule has 0 radical (unpaired) electrons. The number of allylic oxidation sites excluding steroid dienone is 1. The SMILES string of the molecule is CN(C)C(=O)OC[C@H](c1ccc(Cl)c(C(=O)NS)c1)N1C(=O)CN/C1=C1\C[C@@](c2cc(F)cc(F)c2)(C2CC2)CCN1. The summed E-state index contributed by atoms with van der Waals surface area (Å²) in [5, 5.41) is 6.79. The molecule has 42 heavy (non-hydrogen) atoms. The van der Waals surface area contributed by atoms with Crippen LogP contribution in [0.1, 0.15) is 53.2 Å². The average Bonchev–Trinajstić information content (AvgIpc) is 3.75. The first-order chi connectivity index (χ1) is 20.0. The molecule has 2 saturated heterocycles. The number of thiol groups is 1. The normalized spacial score (nSPS) is 22.7. The minimum atomic E-state index is -0.826. The molecular formula is C29H32ClF2N5O4S. The van der Waals surface area contributed by atoms with Crippen LogP contribution in [0, 0.1) is 17.6 Å². The second-order valence-corrected chi connectivity index (χ2v) is 11.7. The van der Waals surface area contributed by atoms with E-state index in [0.717, 1.165) is 24.6 Å². The van der Waals surface area contributed by atoms with Crippen LogP contribution in [0.15, 0.2) is 47.9 Å². The molecule has 2 heterocycles. The van der Waals surface area contributed by atoms with Crippen molar-refractivity contribution in [3.05, 3.63) is 81.3 Å². The van der Waals surface area contributed by atoms with Crippen molar-refractivity contribution in [3.8, 4) is 0 Å². The zero-order valence-electron chi connectivity index (χ0n) is 23.2. The number of nitrogens with one attached hydrogen (secondary N) is 3. The number of ether oxygens (including phenoxy) is 1. The second kappa shape index (κ2) is 12.0. The molecule has 13 heteroatoms. The van der Waals surface area contributed by atoms with E-state index in [1.165, 1.54) is 34.1 Å². The number of carbonyl (C=O) groups is 3. The summed E-state index contributed by atoms with van der Waals surface area (Å²) in [5.41, 5.74) is 1.45. The monoisotopic (exact) mass is 619 g/mol. The summed E-state index contributed by atoms with van der Waals surface area (Å²) >= 11 is 10.1. The predicted octanol–water partition coefficient (Wildman–Crippen LogP) is 4.26. The number of hydrogen-bond donors (Lipinski definition) is 4. The van der Waals surface area contributed by atoms with Gasteiger partial charge in [-0.3, -0.25) is 19.2 Å². The largest absolute Gasteiger partial charge is 0.447 e. The summed E-state index contributed by atoms with van der Waals surface area (Å²) in [5.74, 6) is -1.33. The summed E-state index contributed by atoms with van der Waals surface area (Å²) in [6.45, 7) is 0.305. The van der Waals surface area contributed by atoms with E-state index in [2.05, 4.69) is 28.2 Å². The van der Waals surface area contributed by atoms with Gasteiger partial charge in [0.1, 0.15) is 24.1 Å². The summed E-state index contributed by atoms with van der Waals surface area (Å²) in [6, 6.07) is 7.60. The molecule has 1 saturated carbocycles. The van der Waals surface area contributed by atoms with Crippen molar-refractivity contribution in [1.82, 2.24) is 25.2 Å². The molecule has 2 aromatic carbocycles. The topological polar surface area (TPSA) is 103 Å². The van der Waals surface area contributed by atoms with E-state index in [-0.39, 0.29) is 35.6 Å². The third-order valence-corrected chi connectivity index (χ3v) is 8.70. The lowest BCUT2D eigenvalue weighted by molar-refractivity contribution is -0.128. The van der Waals surface area contributed by atoms with E-state index in [0.29, 0.717) is 36.3 Å². The number of hydrogen-bond acceptors (Lipinski definition) is 7. The van der Waals surface area contributed by atoms with Crippen LogP contribution in [0.2, 0.25) is 5.02 Å². The summed E-state index contributed by atoms with van der Waals surface area (Å²) in [4.78, 5) is 41.1. The van der Waals surface area contributed by atoms with E-state index >= 15 is 0 Å². The predicted molar refractivity (Wildman–Crippen MR) is 156 cm³/mol. The van der Waals surface area contributed by atoms with Gasteiger partial charge in [-0.1, -0.05) is 30.5 Å². The Kier molecular flexibility index (Phi) is 8.56. The zero-order valence-corrected chi connectivity index (χ0v) is 24.8. The molecule has 3 aliphatic rings. The molecule has 3 fully saturated rings.